The summed E-state index contributed by atoms with van der Waals surface area (Å²) in [5.74, 6) is -0.185. The summed E-state index contributed by atoms with van der Waals surface area (Å²) in [5.41, 5.74) is 1.93. The number of ether oxygens (including phenoxy) is 1. The number of amides is 1. The number of rotatable bonds is 8. The number of carbonyl (C=O) groups excluding carboxylic acids is 1. The molecule has 1 N–H and O–H groups in total. The lowest BCUT2D eigenvalue weighted by Crippen LogP contribution is -2.34. The van der Waals surface area contributed by atoms with Gasteiger partial charge in [-0.15, -0.1) is 13.2 Å². The van der Waals surface area contributed by atoms with E-state index in [1.807, 2.05) is 17.0 Å². The van der Waals surface area contributed by atoms with E-state index in [9.17, 15) is 18.0 Å². The lowest BCUT2D eigenvalue weighted by molar-refractivity contribution is -0.274. The van der Waals surface area contributed by atoms with Gasteiger partial charge in [0.2, 0.25) is 5.91 Å². The smallest absolute Gasteiger partial charge is 0.406 e. The normalized spacial score (nSPS) is 17.2. The molecule has 150 valence electrons. The molecule has 1 unspecified atom stereocenters. The maximum absolute atomic E-state index is 12.2. The third-order valence-electron chi connectivity index (χ3n) is 4.70. The van der Waals surface area contributed by atoms with Crippen LogP contribution in [-0.2, 0) is 17.9 Å². The maximum Gasteiger partial charge on any atom is 0.573 e. The topological polar surface area (TPSA) is 54.5 Å². The van der Waals surface area contributed by atoms with Gasteiger partial charge < -0.3 is 15.0 Å². The summed E-state index contributed by atoms with van der Waals surface area (Å²) < 4.78 is 40.6. The second-order valence-corrected chi connectivity index (χ2v) is 6.73. The van der Waals surface area contributed by atoms with E-state index in [2.05, 4.69) is 15.0 Å². The summed E-state index contributed by atoms with van der Waals surface area (Å²) in [7, 11) is 0. The summed E-state index contributed by atoms with van der Waals surface area (Å²) in [6.45, 7) is 1.90. The Bertz CT molecular complexity index is 767. The van der Waals surface area contributed by atoms with E-state index in [1.165, 1.54) is 12.1 Å². The van der Waals surface area contributed by atoms with Crippen molar-refractivity contribution in [2.45, 2.75) is 44.8 Å². The van der Waals surface area contributed by atoms with Gasteiger partial charge in [0.25, 0.3) is 0 Å². The molecule has 0 spiro atoms. The van der Waals surface area contributed by atoms with E-state index in [4.69, 9.17) is 0 Å². The lowest BCUT2D eigenvalue weighted by atomic mass is 10.1. The monoisotopic (exact) mass is 393 g/mol. The molecule has 5 nitrogen and oxygen atoms in total. The fraction of sp³-hybridized carbons (Fsp3) is 0.400. The van der Waals surface area contributed by atoms with Gasteiger partial charge in [-0.2, -0.15) is 0 Å². The molecule has 2 aromatic rings. The van der Waals surface area contributed by atoms with E-state index in [-0.39, 0.29) is 17.7 Å². The number of halogens is 3. The zero-order chi connectivity index (χ0) is 20.0. The van der Waals surface area contributed by atoms with Crippen molar-refractivity contribution in [2.75, 3.05) is 6.54 Å². The molecule has 1 saturated heterocycles. The number of benzene rings is 1. The summed E-state index contributed by atoms with van der Waals surface area (Å²) in [6.07, 6.45) is 0.918. The van der Waals surface area contributed by atoms with Crippen molar-refractivity contribution in [3.63, 3.8) is 0 Å². The van der Waals surface area contributed by atoms with Gasteiger partial charge in [0.15, 0.2) is 0 Å². The van der Waals surface area contributed by atoms with E-state index >= 15 is 0 Å². The van der Waals surface area contributed by atoms with Crippen LogP contribution in [0.2, 0.25) is 0 Å². The van der Waals surface area contributed by atoms with Crippen LogP contribution in [0.4, 0.5) is 13.2 Å². The number of alkyl halides is 3. The van der Waals surface area contributed by atoms with Gasteiger partial charge >= 0.3 is 6.36 Å². The SMILES string of the molecule is O=C1CCC(CCNCc2ccncc2)N1Cc1ccc(OC(F)(F)F)cc1. The van der Waals surface area contributed by atoms with Crippen molar-refractivity contribution in [3.05, 3.63) is 59.9 Å². The van der Waals surface area contributed by atoms with Crippen LogP contribution >= 0.6 is 0 Å². The van der Waals surface area contributed by atoms with E-state index in [0.29, 0.717) is 13.0 Å². The molecule has 1 aliphatic rings. The molecule has 1 atom stereocenters. The molecule has 3 rings (SSSR count). The molecule has 28 heavy (non-hydrogen) atoms. The molecule has 1 aromatic heterocycles. The van der Waals surface area contributed by atoms with Crippen LogP contribution in [0.25, 0.3) is 0 Å². The molecule has 2 heterocycles. The predicted molar refractivity (Wildman–Crippen MR) is 97.3 cm³/mol. The number of nitrogens with one attached hydrogen (secondary N) is 1. The molecule has 1 amide bonds. The highest BCUT2D eigenvalue weighted by Gasteiger charge is 2.32. The maximum atomic E-state index is 12.2. The fourth-order valence-corrected chi connectivity index (χ4v) is 3.31. The van der Waals surface area contributed by atoms with Crippen molar-refractivity contribution in [2.24, 2.45) is 0 Å². The van der Waals surface area contributed by atoms with Crippen LogP contribution in [-0.4, -0.2) is 34.7 Å². The quantitative estimate of drug-likeness (QED) is 0.696. The summed E-state index contributed by atoms with van der Waals surface area (Å²) in [5, 5.41) is 3.37. The first-order chi connectivity index (χ1) is 13.4. The van der Waals surface area contributed by atoms with E-state index in [0.717, 1.165) is 37.1 Å². The zero-order valence-corrected chi connectivity index (χ0v) is 15.3. The molecule has 1 aromatic carbocycles. The minimum absolute atomic E-state index is 0.0785. The highest BCUT2D eigenvalue weighted by atomic mass is 19.4. The largest absolute Gasteiger partial charge is 0.573 e. The van der Waals surface area contributed by atoms with Crippen LogP contribution in [0, 0.1) is 0 Å². The van der Waals surface area contributed by atoms with Crippen molar-refractivity contribution in [3.8, 4) is 5.75 Å². The van der Waals surface area contributed by atoms with E-state index in [1.54, 1.807) is 24.5 Å². The summed E-state index contributed by atoms with van der Waals surface area (Å²) >= 11 is 0. The second-order valence-electron chi connectivity index (χ2n) is 6.73. The van der Waals surface area contributed by atoms with Gasteiger partial charge in [-0.05, 0) is 54.8 Å². The van der Waals surface area contributed by atoms with Gasteiger partial charge in [0, 0.05) is 37.9 Å². The van der Waals surface area contributed by atoms with Crippen LogP contribution in [0.15, 0.2) is 48.8 Å². The van der Waals surface area contributed by atoms with Crippen molar-refractivity contribution in [1.82, 2.24) is 15.2 Å². The highest BCUT2D eigenvalue weighted by Crippen LogP contribution is 2.26. The number of nitrogens with zero attached hydrogens (tertiary/aromatic N) is 2. The number of pyridine rings is 1. The van der Waals surface area contributed by atoms with Crippen molar-refractivity contribution >= 4 is 5.91 Å². The average molecular weight is 393 g/mol. The Morgan fingerprint density at radius 3 is 2.50 bits per heavy atom. The third-order valence-corrected chi connectivity index (χ3v) is 4.70. The third kappa shape index (κ3) is 5.95. The minimum atomic E-state index is -4.71. The summed E-state index contributed by atoms with van der Waals surface area (Å²) in [4.78, 5) is 18.0. The van der Waals surface area contributed by atoms with Gasteiger partial charge in [0.05, 0.1) is 0 Å². The molecule has 0 saturated carbocycles. The fourth-order valence-electron chi connectivity index (χ4n) is 3.31. The first kappa shape index (κ1) is 20.1. The van der Waals surface area contributed by atoms with Crippen LogP contribution in [0.3, 0.4) is 0 Å². The Kier molecular flexibility index (Phi) is 6.51. The lowest BCUT2D eigenvalue weighted by Gasteiger charge is -2.25. The molecule has 0 bridgehead atoms. The molecule has 1 aliphatic heterocycles. The Hall–Kier alpha value is -2.61. The molecular weight excluding hydrogens is 371 g/mol. The highest BCUT2D eigenvalue weighted by molar-refractivity contribution is 5.78. The van der Waals surface area contributed by atoms with E-state index < -0.39 is 6.36 Å². The first-order valence-corrected chi connectivity index (χ1v) is 9.14. The van der Waals surface area contributed by atoms with Gasteiger partial charge in [0.1, 0.15) is 5.75 Å². The summed E-state index contributed by atoms with van der Waals surface area (Å²) in [6, 6.07) is 9.69. The number of hydrogen-bond acceptors (Lipinski definition) is 4. The molecule has 0 aliphatic carbocycles. The predicted octanol–water partition coefficient (Wildman–Crippen LogP) is 3.65. The number of aromatic nitrogens is 1. The first-order valence-electron chi connectivity index (χ1n) is 9.14. The number of carbonyl (C=O) groups is 1. The second kappa shape index (κ2) is 9.05. The molecule has 8 heteroatoms. The van der Waals surface area contributed by atoms with Crippen LogP contribution in [0.5, 0.6) is 5.75 Å². The molecule has 1 fully saturated rings. The Morgan fingerprint density at radius 2 is 1.82 bits per heavy atom. The van der Waals surface area contributed by atoms with Crippen molar-refractivity contribution in [1.29, 1.82) is 0 Å². The Morgan fingerprint density at radius 1 is 1.11 bits per heavy atom. The zero-order valence-electron chi connectivity index (χ0n) is 15.3. The van der Waals surface area contributed by atoms with Crippen LogP contribution < -0.4 is 10.1 Å². The van der Waals surface area contributed by atoms with Gasteiger partial charge in [-0.25, -0.2) is 0 Å². The Balaban J connectivity index is 1.49. The standard InChI is InChI=1S/C20H22F3N3O2/c21-20(22,23)28-18-4-1-16(2-5-18)14-26-17(3-6-19(26)27)9-12-25-13-15-7-10-24-11-8-15/h1-2,4-5,7-8,10-11,17,25H,3,6,9,12-14H2. The average Bonchev–Trinajstić information content (AvgIpc) is 3.00. The molecular formula is C20H22F3N3O2. The number of likely N-dealkylation sites (tertiary alicyclic amines) is 1. The molecule has 0 radical (unpaired) electrons. The number of hydrogen-bond donors (Lipinski definition) is 1. The van der Waals surface area contributed by atoms with Crippen LogP contribution in [0.1, 0.15) is 30.4 Å². The van der Waals surface area contributed by atoms with Crippen molar-refractivity contribution < 1.29 is 22.7 Å². The van der Waals surface area contributed by atoms with Gasteiger partial charge in [-0.3, -0.25) is 9.78 Å². The van der Waals surface area contributed by atoms with Gasteiger partial charge in [-0.1, -0.05) is 12.1 Å². The minimum Gasteiger partial charge on any atom is -0.406 e. The Labute approximate surface area is 161 Å².